The Labute approximate surface area is 200 Å². The molecule has 8 nitrogen and oxygen atoms in total. The number of benzene rings is 1. The van der Waals surface area contributed by atoms with Crippen LogP contribution in [0.4, 0.5) is 29.7 Å². The van der Waals surface area contributed by atoms with Gasteiger partial charge in [0.05, 0.1) is 29.7 Å². The lowest BCUT2D eigenvalue weighted by atomic mass is 9.97. The number of halogens is 3. The van der Waals surface area contributed by atoms with Gasteiger partial charge in [0, 0.05) is 17.6 Å². The quantitative estimate of drug-likeness (QED) is 0.550. The number of nitrogens with zero attached hydrogens (tertiary/aromatic N) is 5. The summed E-state index contributed by atoms with van der Waals surface area (Å²) in [6.07, 6.45) is -0.534. The summed E-state index contributed by atoms with van der Waals surface area (Å²) in [6.45, 7) is 6.27. The molecule has 4 heterocycles. The number of hydrogen-bond donors (Lipinski definition) is 1. The molecule has 1 unspecified atom stereocenters. The van der Waals surface area contributed by atoms with Crippen molar-refractivity contribution in [3.05, 3.63) is 59.3 Å². The van der Waals surface area contributed by atoms with Gasteiger partial charge in [-0.25, -0.2) is 14.8 Å². The number of nitrogens with one attached hydrogen (secondary N) is 1. The summed E-state index contributed by atoms with van der Waals surface area (Å²) >= 11 is 0. The Morgan fingerprint density at radius 2 is 1.94 bits per heavy atom. The number of amides is 1. The van der Waals surface area contributed by atoms with Crippen LogP contribution in [0.2, 0.25) is 0 Å². The second kappa shape index (κ2) is 8.54. The predicted molar refractivity (Wildman–Crippen MR) is 122 cm³/mol. The van der Waals surface area contributed by atoms with Crippen LogP contribution >= 0.6 is 0 Å². The first kappa shape index (κ1) is 23.1. The first-order chi connectivity index (χ1) is 16.6. The molecule has 0 saturated carbocycles. The second-order valence-electron chi connectivity index (χ2n) is 9.15. The molecule has 0 aliphatic carbocycles. The van der Waals surface area contributed by atoms with Gasteiger partial charge in [-0.3, -0.25) is 4.90 Å². The van der Waals surface area contributed by atoms with Crippen molar-refractivity contribution in [2.24, 2.45) is 5.92 Å². The molecule has 1 N–H and O–H groups in total. The normalized spacial score (nSPS) is 18.3. The Hall–Kier alpha value is -3.63. The second-order valence-corrected chi connectivity index (χ2v) is 9.15. The number of imidazole rings is 1. The van der Waals surface area contributed by atoms with Crippen molar-refractivity contribution >= 4 is 17.9 Å². The van der Waals surface area contributed by atoms with Crippen LogP contribution in [0.1, 0.15) is 49.3 Å². The summed E-state index contributed by atoms with van der Waals surface area (Å²) in [6, 6.07) is 5.10. The highest BCUT2D eigenvalue weighted by molar-refractivity contribution is 5.89. The van der Waals surface area contributed by atoms with Gasteiger partial charge in [0.2, 0.25) is 5.95 Å². The number of carbonyl (C=O) groups is 1. The van der Waals surface area contributed by atoms with E-state index in [0.717, 1.165) is 17.5 Å². The van der Waals surface area contributed by atoms with E-state index in [9.17, 15) is 18.0 Å². The van der Waals surface area contributed by atoms with E-state index in [1.165, 1.54) is 12.1 Å². The smallest absolute Gasteiger partial charge is 0.416 e. The van der Waals surface area contributed by atoms with E-state index in [0.29, 0.717) is 42.5 Å². The largest absolute Gasteiger partial charge is 0.447 e. The Morgan fingerprint density at radius 3 is 2.69 bits per heavy atom. The van der Waals surface area contributed by atoms with Gasteiger partial charge in [-0.1, -0.05) is 13.8 Å². The zero-order chi connectivity index (χ0) is 24.9. The third kappa shape index (κ3) is 4.19. The van der Waals surface area contributed by atoms with Crippen LogP contribution in [0.3, 0.4) is 0 Å². The van der Waals surface area contributed by atoms with E-state index in [4.69, 9.17) is 4.74 Å². The Kier molecular flexibility index (Phi) is 5.65. The van der Waals surface area contributed by atoms with Gasteiger partial charge in [0.1, 0.15) is 12.4 Å². The molecule has 5 rings (SSSR count). The first-order valence-corrected chi connectivity index (χ1v) is 11.5. The molecule has 1 aromatic carbocycles. The lowest BCUT2D eigenvalue weighted by molar-refractivity contribution is -0.137. The van der Waals surface area contributed by atoms with Crippen LogP contribution < -0.4 is 10.2 Å². The van der Waals surface area contributed by atoms with Crippen LogP contribution in [-0.4, -0.2) is 38.3 Å². The zero-order valence-electron chi connectivity index (χ0n) is 19.5. The van der Waals surface area contributed by atoms with E-state index in [2.05, 4.69) is 20.3 Å². The minimum atomic E-state index is -4.37. The minimum absolute atomic E-state index is 0.110. The molecule has 1 fully saturated rings. The average molecular weight is 486 g/mol. The van der Waals surface area contributed by atoms with Crippen molar-refractivity contribution in [2.45, 2.75) is 51.9 Å². The van der Waals surface area contributed by atoms with Crippen molar-refractivity contribution in [1.82, 2.24) is 19.5 Å². The predicted octanol–water partition coefficient (Wildman–Crippen LogP) is 4.93. The molecule has 0 spiro atoms. The summed E-state index contributed by atoms with van der Waals surface area (Å²) in [4.78, 5) is 27.2. The number of alkyl halides is 3. The van der Waals surface area contributed by atoms with Crippen LogP contribution in [-0.2, 0) is 23.8 Å². The fraction of sp³-hybridized carbons (Fsp3) is 0.417. The fourth-order valence-electron chi connectivity index (χ4n) is 4.66. The monoisotopic (exact) mass is 486 g/mol. The number of aromatic nitrogens is 4. The highest BCUT2D eigenvalue weighted by atomic mass is 19.4. The van der Waals surface area contributed by atoms with Crippen molar-refractivity contribution in [3.63, 3.8) is 0 Å². The van der Waals surface area contributed by atoms with Crippen LogP contribution in [0.25, 0.3) is 5.69 Å². The first-order valence-electron chi connectivity index (χ1n) is 11.5. The Morgan fingerprint density at radius 1 is 1.14 bits per heavy atom. The number of aryl methyl sites for hydroxylation is 1. The van der Waals surface area contributed by atoms with Crippen molar-refractivity contribution in [1.29, 1.82) is 0 Å². The molecule has 184 valence electrons. The number of rotatable bonds is 5. The molecule has 2 aliphatic heterocycles. The van der Waals surface area contributed by atoms with Crippen LogP contribution in [0.15, 0.2) is 36.8 Å². The van der Waals surface area contributed by atoms with Gasteiger partial charge >= 0.3 is 12.3 Å². The highest BCUT2D eigenvalue weighted by Crippen LogP contribution is 2.35. The summed E-state index contributed by atoms with van der Waals surface area (Å²) in [5.41, 5.74) is 2.40. The van der Waals surface area contributed by atoms with Gasteiger partial charge in [-0.15, -0.1) is 0 Å². The molecule has 11 heteroatoms. The lowest BCUT2D eigenvalue weighted by Crippen LogP contribution is -2.37. The molecule has 2 aromatic heterocycles. The van der Waals surface area contributed by atoms with Crippen LogP contribution in [0, 0.1) is 5.92 Å². The third-order valence-electron chi connectivity index (χ3n) is 6.52. The number of cyclic esters (lactones) is 1. The van der Waals surface area contributed by atoms with Gasteiger partial charge < -0.3 is 14.6 Å². The van der Waals surface area contributed by atoms with Crippen molar-refractivity contribution in [2.75, 3.05) is 16.8 Å². The van der Waals surface area contributed by atoms with Crippen LogP contribution in [0.5, 0.6) is 0 Å². The standard InChI is InChI=1S/C24H25F3N6O2/c1-13(2)19-11-35-23(34)33(19)20-8-9-28-22(31-20)30-14(3)21-18-6-4-15-10-16(24(25,26)27)5-7-17(15)32(18)12-29-21/h5,7-10,12-14,19H,4,6,11H2,1-3H3,(H,28,30,31)/t14-,19?/m0/s1. The molecule has 2 aliphatic rings. The van der Waals surface area contributed by atoms with E-state index in [1.807, 2.05) is 25.3 Å². The number of carbonyl (C=O) groups excluding carboxylic acids is 1. The Bertz CT molecular complexity index is 1270. The number of anilines is 2. The molecule has 3 aromatic rings. The molecule has 0 bridgehead atoms. The molecule has 1 saturated heterocycles. The maximum Gasteiger partial charge on any atom is 0.416 e. The molecule has 0 radical (unpaired) electrons. The molecular weight excluding hydrogens is 461 g/mol. The van der Waals surface area contributed by atoms with Gasteiger partial charge in [-0.2, -0.15) is 18.2 Å². The molecule has 2 atom stereocenters. The van der Waals surface area contributed by atoms with E-state index in [1.54, 1.807) is 23.5 Å². The maximum absolute atomic E-state index is 13.1. The van der Waals surface area contributed by atoms with Gasteiger partial charge in [0.15, 0.2) is 0 Å². The third-order valence-corrected chi connectivity index (χ3v) is 6.52. The summed E-state index contributed by atoms with van der Waals surface area (Å²) < 4.78 is 46.4. The lowest BCUT2D eigenvalue weighted by Gasteiger charge is -2.24. The highest BCUT2D eigenvalue weighted by Gasteiger charge is 2.37. The number of hydrogen-bond acceptors (Lipinski definition) is 6. The molecular formula is C24H25F3N6O2. The Balaban J connectivity index is 1.38. The summed E-state index contributed by atoms with van der Waals surface area (Å²) in [7, 11) is 0. The minimum Gasteiger partial charge on any atom is -0.447 e. The topological polar surface area (TPSA) is 85.2 Å². The number of ether oxygens (including phenoxy) is 1. The summed E-state index contributed by atoms with van der Waals surface area (Å²) in [5.74, 6) is 0.987. The SMILES string of the molecule is CC(C)C1COC(=O)N1c1ccnc(N[C@@H](C)c2ncn3c2CCc2cc(C(F)(F)F)ccc2-3)n1. The van der Waals surface area contributed by atoms with E-state index in [-0.39, 0.29) is 18.0 Å². The van der Waals surface area contributed by atoms with Crippen molar-refractivity contribution < 1.29 is 22.7 Å². The van der Waals surface area contributed by atoms with Gasteiger partial charge in [0.25, 0.3) is 0 Å². The number of fused-ring (bicyclic) bond motifs is 3. The maximum atomic E-state index is 13.1. The van der Waals surface area contributed by atoms with Gasteiger partial charge in [-0.05, 0) is 55.5 Å². The fourth-order valence-corrected chi connectivity index (χ4v) is 4.66. The van der Waals surface area contributed by atoms with E-state index < -0.39 is 17.8 Å². The van der Waals surface area contributed by atoms with E-state index >= 15 is 0 Å². The zero-order valence-corrected chi connectivity index (χ0v) is 19.5. The molecule has 35 heavy (non-hydrogen) atoms. The summed E-state index contributed by atoms with van der Waals surface area (Å²) in [5, 5.41) is 3.24. The van der Waals surface area contributed by atoms with Crippen molar-refractivity contribution in [3.8, 4) is 5.69 Å². The molecule has 1 amide bonds. The average Bonchev–Trinajstić information content (AvgIpc) is 3.42.